The Morgan fingerprint density at radius 2 is 2.04 bits per heavy atom. The summed E-state index contributed by atoms with van der Waals surface area (Å²) in [6, 6.07) is 4.41. The van der Waals surface area contributed by atoms with Crippen molar-refractivity contribution in [2.75, 3.05) is 6.61 Å². The van der Waals surface area contributed by atoms with Crippen molar-refractivity contribution >= 4 is 5.91 Å². The molecule has 6 heteroatoms. The highest BCUT2D eigenvalue weighted by Crippen LogP contribution is 2.31. The summed E-state index contributed by atoms with van der Waals surface area (Å²) in [7, 11) is 0. The van der Waals surface area contributed by atoms with E-state index in [1.165, 1.54) is 24.6 Å². The number of carbonyl (C=O) groups is 1. The standard InChI is InChI=1S/C18H25F2NO3/c1-4-23-16-10-13(8-9-15(16)24-18(19)20)17(22)21-14-7-5-6-11(2)12(14)3/h8-12,14,18H,4-7H2,1-3H3,(H,21,22)/t11-,12+,14+/m0/s1. The molecule has 134 valence electrons. The maximum atomic E-state index is 12.5. The van der Waals surface area contributed by atoms with E-state index in [4.69, 9.17) is 4.74 Å². The fourth-order valence-electron chi connectivity index (χ4n) is 3.15. The molecule has 24 heavy (non-hydrogen) atoms. The van der Waals surface area contributed by atoms with Crippen molar-refractivity contribution in [1.29, 1.82) is 0 Å². The number of nitrogens with one attached hydrogen (secondary N) is 1. The van der Waals surface area contributed by atoms with Gasteiger partial charge in [-0.25, -0.2) is 0 Å². The van der Waals surface area contributed by atoms with Gasteiger partial charge in [0.2, 0.25) is 0 Å². The number of halogens is 2. The van der Waals surface area contributed by atoms with Gasteiger partial charge in [-0.05, 0) is 43.4 Å². The molecule has 1 amide bonds. The van der Waals surface area contributed by atoms with E-state index in [1.54, 1.807) is 6.92 Å². The molecule has 0 aromatic heterocycles. The Hall–Kier alpha value is -1.85. The van der Waals surface area contributed by atoms with Crippen molar-refractivity contribution in [3.8, 4) is 11.5 Å². The second-order valence-electron chi connectivity index (χ2n) is 6.32. The first-order valence-corrected chi connectivity index (χ1v) is 8.44. The maximum Gasteiger partial charge on any atom is 0.387 e. The summed E-state index contributed by atoms with van der Waals surface area (Å²) < 4.78 is 34.6. The minimum atomic E-state index is -2.94. The van der Waals surface area contributed by atoms with Gasteiger partial charge < -0.3 is 14.8 Å². The van der Waals surface area contributed by atoms with Gasteiger partial charge in [-0.15, -0.1) is 0 Å². The molecular weight excluding hydrogens is 316 g/mol. The normalized spacial score (nSPS) is 23.8. The lowest BCUT2D eigenvalue weighted by molar-refractivity contribution is -0.0514. The van der Waals surface area contributed by atoms with Crippen molar-refractivity contribution in [1.82, 2.24) is 5.32 Å². The molecule has 1 aliphatic rings. The lowest BCUT2D eigenvalue weighted by Crippen LogP contribution is -2.43. The molecule has 2 rings (SSSR count). The highest BCUT2D eigenvalue weighted by Gasteiger charge is 2.28. The molecule has 1 fully saturated rings. The van der Waals surface area contributed by atoms with Gasteiger partial charge in [0.1, 0.15) is 0 Å². The van der Waals surface area contributed by atoms with Crippen LogP contribution < -0.4 is 14.8 Å². The first-order chi connectivity index (χ1) is 11.4. The Labute approximate surface area is 141 Å². The average molecular weight is 341 g/mol. The van der Waals surface area contributed by atoms with Gasteiger partial charge in [0.15, 0.2) is 11.5 Å². The monoisotopic (exact) mass is 341 g/mol. The minimum absolute atomic E-state index is 0.0666. The molecule has 0 bridgehead atoms. The number of hydrogen-bond acceptors (Lipinski definition) is 3. The topological polar surface area (TPSA) is 47.6 Å². The molecule has 4 nitrogen and oxygen atoms in total. The van der Waals surface area contributed by atoms with Gasteiger partial charge in [0.05, 0.1) is 6.61 Å². The number of amides is 1. The van der Waals surface area contributed by atoms with Gasteiger partial charge in [0, 0.05) is 11.6 Å². The molecule has 0 heterocycles. The summed E-state index contributed by atoms with van der Waals surface area (Å²) in [4.78, 5) is 12.5. The summed E-state index contributed by atoms with van der Waals surface area (Å²) in [5.41, 5.74) is 0.380. The lowest BCUT2D eigenvalue weighted by atomic mass is 9.78. The first-order valence-electron chi connectivity index (χ1n) is 8.44. The van der Waals surface area contributed by atoms with Crippen molar-refractivity contribution in [2.24, 2.45) is 11.8 Å². The van der Waals surface area contributed by atoms with Crippen LogP contribution in [0.3, 0.4) is 0 Å². The second-order valence-corrected chi connectivity index (χ2v) is 6.32. The van der Waals surface area contributed by atoms with Gasteiger partial charge in [-0.2, -0.15) is 8.78 Å². The predicted octanol–water partition coefficient (Wildman–Crippen LogP) is 4.24. The Morgan fingerprint density at radius 3 is 2.71 bits per heavy atom. The molecule has 0 aliphatic heterocycles. The molecule has 0 saturated heterocycles. The van der Waals surface area contributed by atoms with E-state index >= 15 is 0 Å². The zero-order valence-corrected chi connectivity index (χ0v) is 14.4. The first kappa shape index (κ1) is 18.5. The predicted molar refractivity (Wildman–Crippen MR) is 87.7 cm³/mol. The fourth-order valence-corrected chi connectivity index (χ4v) is 3.15. The Bertz CT molecular complexity index is 565. The zero-order chi connectivity index (χ0) is 17.7. The molecule has 1 aromatic carbocycles. The molecule has 1 aromatic rings. The SMILES string of the molecule is CCOc1cc(C(=O)N[C@@H]2CCC[C@H](C)[C@H]2C)ccc1OC(F)F. The van der Waals surface area contributed by atoms with E-state index in [9.17, 15) is 13.6 Å². The van der Waals surface area contributed by atoms with Crippen LogP contribution in [0.4, 0.5) is 8.78 Å². The molecule has 0 unspecified atom stereocenters. The summed E-state index contributed by atoms with van der Waals surface area (Å²) in [6.07, 6.45) is 3.24. The molecule has 1 aliphatic carbocycles. The van der Waals surface area contributed by atoms with E-state index in [-0.39, 0.29) is 23.4 Å². The minimum Gasteiger partial charge on any atom is -0.490 e. The van der Waals surface area contributed by atoms with Crippen molar-refractivity contribution in [2.45, 2.75) is 52.7 Å². The van der Waals surface area contributed by atoms with Gasteiger partial charge in [-0.3, -0.25) is 4.79 Å². The van der Waals surface area contributed by atoms with E-state index in [2.05, 4.69) is 23.9 Å². The van der Waals surface area contributed by atoms with E-state index in [0.29, 0.717) is 24.0 Å². The van der Waals surface area contributed by atoms with E-state index < -0.39 is 6.61 Å². The number of benzene rings is 1. The van der Waals surface area contributed by atoms with Crippen LogP contribution in [0, 0.1) is 11.8 Å². The van der Waals surface area contributed by atoms with Crippen LogP contribution in [0.25, 0.3) is 0 Å². The van der Waals surface area contributed by atoms with Gasteiger partial charge in [-0.1, -0.05) is 26.7 Å². The average Bonchev–Trinajstić information content (AvgIpc) is 2.53. The summed E-state index contributed by atoms with van der Waals surface area (Å²) in [5, 5.41) is 3.06. The molecule has 1 saturated carbocycles. The Morgan fingerprint density at radius 1 is 1.29 bits per heavy atom. The quantitative estimate of drug-likeness (QED) is 0.842. The number of rotatable bonds is 6. The Kier molecular flexibility index (Phi) is 6.40. The van der Waals surface area contributed by atoms with Crippen LogP contribution in [-0.4, -0.2) is 25.2 Å². The van der Waals surface area contributed by atoms with Crippen LogP contribution >= 0.6 is 0 Å². The smallest absolute Gasteiger partial charge is 0.387 e. The third-order valence-electron chi connectivity index (χ3n) is 4.75. The highest BCUT2D eigenvalue weighted by molar-refractivity contribution is 5.95. The van der Waals surface area contributed by atoms with Crippen LogP contribution in [0.2, 0.25) is 0 Å². The number of alkyl halides is 2. The van der Waals surface area contributed by atoms with E-state index in [1.807, 2.05) is 0 Å². The van der Waals surface area contributed by atoms with Crippen LogP contribution in [-0.2, 0) is 0 Å². The zero-order valence-electron chi connectivity index (χ0n) is 14.4. The van der Waals surface area contributed by atoms with Gasteiger partial charge in [0.25, 0.3) is 5.91 Å². The molecular formula is C18H25F2NO3. The highest BCUT2D eigenvalue weighted by atomic mass is 19.3. The van der Waals surface area contributed by atoms with Crippen molar-refractivity contribution < 1.29 is 23.0 Å². The largest absolute Gasteiger partial charge is 0.490 e. The fraction of sp³-hybridized carbons (Fsp3) is 0.611. The molecule has 0 spiro atoms. The van der Waals surface area contributed by atoms with Crippen molar-refractivity contribution in [3.63, 3.8) is 0 Å². The second kappa shape index (κ2) is 8.31. The van der Waals surface area contributed by atoms with Gasteiger partial charge >= 0.3 is 6.61 Å². The summed E-state index contributed by atoms with van der Waals surface area (Å²) in [6.45, 7) is 3.45. The maximum absolute atomic E-state index is 12.5. The third-order valence-corrected chi connectivity index (χ3v) is 4.75. The summed E-state index contributed by atoms with van der Waals surface area (Å²) >= 11 is 0. The number of carbonyl (C=O) groups excluding carboxylic acids is 1. The summed E-state index contributed by atoms with van der Waals surface area (Å²) in [5.74, 6) is 0.851. The Balaban J connectivity index is 2.12. The van der Waals surface area contributed by atoms with Crippen LogP contribution in [0.5, 0.6) is 11.5 Å². The van der Waals surface area contributed by atoms with Crippen molar-refractivity contribution in [3.05, 3.63) is 23.8 Å². The number of ether oxygens (including phenoxy) is 2. The number of hydrogen-bond donors (Lipinski definition) is 1. The molecule has 3 atom stereocenters. The van der Waals surface area contributed by atoms with E-state index in [0.717, 1.165) is 12.8 Å². The molecule has 0 radical (unpaired) electrons. The van der Waals surface area contributed by atoms with Crippen LogP contribution in [0.15, 0.2) is 18.2 Å². The lowest BCUT2D eigenvalue weighted by Gasteiger charge is -2.34. The third kappa shape index (κ3) is 4.58. The van der Waals surface area contributed by atoms with Crippen LogP contribution in [0.1, 0.15) is 50.4 Å². The molecule has 1 N–H and O–H groups in total.